The molecule has 156 valence electrons. The number of nitrogens with zero attached hydrogens (tertiary/aromatic N) is 2. The highest BCUT2D eigenvalue weighted by Gasteiger charge is 2.14. The van der Waals surface area contributed by atoms with Crippen LogP contribution in [0.5, 0.6) is 0 Å². The van der Waals surface area contributed by atoms with Crippen molar-refractivity contribution in [2.45, 2.75) is 44.7 Å². The Kier molecular flexibility index (Phi) is 7.32. The molecule has 0 bridgehead atoms. The molecule has 1 saturated carbocycles. The number of para-hydroxylation sites is 1. The van der Waals surface area contributed by atoms with Crippen molar-refractivity contribution in [2.24, 2.45) is 4.99 Å². The minimum atomic E-state index is 0.524. The summed E-state index contributed by atoms with van der Waals surface area (Å²) < 4.78 is 2.28. The van der Waals surface area contributed by atoms with E-state index < -0.39 is 0 Å². The zero-order valence-electron chi connectivity index (χ0n) is 17.1. The van der Waals surface area contributed by atoms with Crippen molar-refractivity contribution in [3.05, 3.63) is 70.8 Å². The topological polar surface area (TPSA) is 41.4 Å². The molecule has 2 aromatic carbocycles. The number of aromatic nitrogens is 1. The molecule has 1 aliphatic rings. The molecule has 1 heterocycles. The molecule has 0 atom stereocenters. The molecule has 0 saturated heterocycles. The Morgan fingerprint density at radius 3 is 2.43 bits per heavy atom. The third-order valence-corrected chi connectivity index (χ3v) is 6.54. The van der Waals surface area contributed by atoms with Crippen LogP contribution >= 0.6 is 23.6 Å². The number of rotatable bonds is 6. The highest BCUT2D eigenvalue weighted by Crippen LogP contribution is 2.20. The highest BCUT2D eigenvalue weighted by atomic mass is 32.1. The van der Waals surface area contributed by atoms with Gasteiger partial charge in [-0.1, -0.05) is 67.8 Å². The third kappa shape index (κ3) is 5.58. The predicted molar refractivity (Wildman–Crippen MR) is 130 cm³/mol. The van der Waals surface area contributed by atoms with Gasteiger partial charge in [0.05, 0.1) is 11.4 Å². The molecule has 6 heteroatoms. The fourth-order valence-corrected chi connectivity index (χ4v) is 5.08. The van der Waals surface area contributed by atoms with Gasteiger partial charge in [-0.15, -0.1) is 11.3 Å². The van der Waals surface area contributed by atoms with Crippen molar-refractivity contribution in [1.29, 1.82) is 0 Å². The second kappa shape index (κ2) is 10.5. The predicted octanol–water partition coefficient (Wildman–Crippen LogP) is 5.25. The fourth-order valence-electron chi connectivity index (χ4n) is 3.85. The summed E-state index contributed by atoms with van der Waals surface area (Å²) >= 11 is 7.21. The van der Waals surface area contributed by atoms with Crippen LogP contribution in [0.3, 0.4) is 0 Å². The van der Waals surface area contributed by atoms with Crippen LogP contribution in [0, 0.1) is 0 Å². The summed E-state index contributed by atoms with van der Waals surface area (Å²) in [4.78, 5) is 5.88. The standard InChI is InChI=1S/C24H28N4S2/c29-23(26-20-12-6-2-7-13-20)25-16-17-28-22(19-10-4-1-5-11-19)18-30-24(28)27-21-14-8-3-9-15-21/h1,3-5,8-11,14-15,18,20H,2,6-7,12-13,16-17H2,(H2,25,26,29). The Bertz CT molecular complexity index is 1000. The largest absolute Gasteiger partial charge is 0.361 e. The van der Waals surface area contributed by atoms with Gasteiger partial charge in [0.1, 0.15) is 0 Å². The smallest absolute Gasteiger partial charge is 0.190 e. The van der Waals surface area contributed by atoms with Crippen molar-refractivity contribution in [3.63, 3.8) is 0 Å². The van der Waals surface area contributed by atoms with E-state index in [9.17, 15) is 0 Å². The maximum Gasteiger partial charge on any atom is 0.190 e. The average Bonchev–Trinajstić information content (AvgIpc) is 3.18. The first-order valence-corrected chi connectivity index (χ1v) is 12.0. The minimum Gasteiger partial charge on any atom is -0.361 e. The van der Waals surface area contributed by atoms with Gasteiger partial charge in [-0.3, -0.25) is 0 Å². The van der Waals surface area contributed by atoms with Crippen LogP contribution in [0.2, 0.25) is 0 Å². The molecule has 4 rings (SSSR count). The maximum absolute atomic E-state index is 5.54. The Morgan fingerprint density at radius 1 is 1.00 bits per heavy atom. The molecule has 0 unspecified atom stereocenters. The van der Waals surface area contributed by atoms with Crippen LogP contribution in [0.25, 0.3) is 11.3 Å². The van der Waals surface area contributed by atoms with Crippen LogP contribution in [0.4, 0.5) is 5.69 Å². The number of thiazole rings is 1. The van der Waals surface area contributed by atoms with Crippen LogP contribution in [-0.2, 0) is 6.54 Å². The third-order valence-electron chi connectivity index (χ3n) is 5.41. The van der Waals surface area contributed by atoms with Gasteiger partial charge in [-0.05, 0) is 42.8 Å². The van der Waals surface area contributed by atoms with Gasteiger partial charge in [-0.25, -0.2) is 4.99 Å². The van der Waals surface area contributed by atoms with Crippen LogP contribution in [0.1, 0.15) is 32.1 Å². The molecule has 0 aliphatic heterocycles. The molecule has 0 radical (unpaired) electrons. The summed E-state index contributed by atoms with van der Waals surface area (Å²) in [5, 5.41) is 9.84. The summed E-state index contributed by atoms with van der Waals surface area (Å²) in [6.07, 6.45) is 6.40. The molecule has 3 aromatic rings. The first kappa shape index (κ1) is 20.8. The molecular weight excluding hydrogens is 408 g/mol. The summed E-state index contributed by atoms with van der Waals surface area (Å²) in [6.45, 7) is 1.56. The quantitative estimate of drug-likeness (QED) is 0.519. The van der Waals surface area contributed by atoms with E-state index in [0.717, 1.165) is 28.7 Å². The second-order valence-corrected chi connectivity index (χ2v) is 8.85. The Morgan fingerprint density at radius 2 is 1.70 bits per heavy atom. The van der Waals surface area contributed by atoms with Crippen molar-refractivity contribution >= 4 is 34.4 Å². The number of nitrogens with one attached hydrogen (secondary N) is 2. The van der Waals surface area contributed by atoms with Gasteiger partial charge in [0.15, 0.2) is 9.91 Å². The second-order valence-electron chi connectivity index (χ2n) is 7.60. The monoisotopic (exact) mass is 436 g/mol. The number of hydrogen-bond donors (Lipinski definition) is 2. The van der Waals surface area contributed by atoms with E-state index in [0.29, 0.717) is 6.04 Å². The van der Waals surface area contributed by atoms with Gasteiger partial charge in [0.2, 0.25) is 0 Å². The molecule has 0 amide bonds. The van der Waals surface area contributed by atoms with E-state index in [1.165, 1.54) is 43.4 Å². The number of benzene rings is 2. The first-order valence-electron chi connectivity index (χ1n) is 10.7. The van der Waals surface area contributed by atoms with Gasteiger partial charge in [0.25, 0.3) is 0 Å². The molecule has 4 nitrogen and oxygen atoms in total. The molecule has 1 aromatic heterocycles. The molecule has 30 heavy (non-hydrogen) atoms. The van der Waals surface area contributed by atoms with E-state index in [4.69, 9.17) is 17.2 Å². The lowest BCUT2D eigenvalue weighted by molar-refractivity contribution is 0.412. The lowest BCUT2D eigenvalue weighted by atomic mass is 9.96. The van der Waals surface area contributed by atoms with Crippen molar-refractivity contribution in [3.8, 4) is 11.3 Å². The Labute approximate surface area is 187 Å². The van der Waals surface area contributed by atoms with Crippen LogP contribution in [0.15, 0.2) is 71.0 Å². The van der Waals surface area contributed by atoms with Gasteiger partial charge < -0.3 is 15.2 Å². The number of hydrogen-bond acceptors (Lipinski definition) is 3. The van der Waals surface area contributed by atoms with Crippen molar-refractivity contribution in [1.82, 2.24) is 15.2 Å². The maximum atomic E-state index is 5.54. The average molecular weight is 437 g/mol. The van der Waals surface area contributed by atoms with Gasteiger partial charge in [0, 0.05) is 24.5 Å². The summed E-state index contributed by atoms with van der Waals surface area (Å²) in [5.74, 6) is 0. The van der Waals surface area contributed by atoms with Crippen LogP contribution in [-0.4, -0.2) is 22.3 Å². The normalized spacial score (nSPS) is 15.1. The summed E-state index contributed by atoms with van der Waals surface area (Å²) in [6, 6.07) is 21.1. The molecule has 0 spiro atoms. The zero-order chi connectivity index (χ0) is 20.6. The van der Waals surface area contributed by atoms with Gasteiger partial charge >= 0.3 is 0 Å². The molecule has 1 aliphatic carbocycles. The zero-order valence-corrected chi connectivity index (χ0v) is 18.7. The highest BCUT2D eigenvalue weighted by molar-refractivity contribution is 7.80. The Balaban J connectivity index is 1.49. The summed E-state index contributed by atoms with van der Waals surface area (Å²) in [7, 11) is 0. The van der Waals surface area contributed by atoms with Crippen molar-refractivity contribution < 1.29 is 0 Å². The Hall–Kier alpha value is -2.44. The van der Waals surface area contributed by atoms with Gasteiger partial charge in [-0.2, -0.15) is 0 Å². The SMILES string of the molecule is S=C(NCCn1c(-c2ccccc2)csc1=Nc1ccccc1)NC1CCCCC1. The minimum absolute atomic E-state index is 0.524. The molecule has 2 N–H and O–H groups in total. The molecular formula is C24H28N4S2. The van der Waals surface area contributed by atoms with E-state index in [1.54, 1.807) is 11.3 Å². The first-order chi connectivity index (χ1) is 14.8. The van der Waals surface area contributed by atoms with E-state index in [-0.39, 0.29) is 0 Å². The number of thiocarbonyl (C=S) groups is 1. The van der Waals surface area contributed by atoms with E-state index >= 15 is 0 Å². The summed E-state index contributed by atoms with van der Waals surface area (Å²) in [5.41, 5.74) is 3.35. The van der Waals surface area contributed by atoms with E-state index in [1.807, 2.05) is 36.4 Å². The molecule has 1 fully saturated rings. The fraction of sp³-hybridized carbons (Fsp3) is 0.333. The lowest BCUT2D eigenvalue weighted by Crippen LogP contribution is -2.43. The van der Waals surface area contributed by atoms with Crippen molar-refractivity contribution in [2.75, 3.05) is 6.54 Å². The van der Waals surface area contributed by atoms with E-state index in [2.05, 4.69) is 44.8 Å². The lowest BCUT2D eigenvalue weighted by Gasteiger charge is -2.24. The van der Waals surface area contributed by atoms with Crippen LogP contribution < -0.4 is 15.4 Å².